The quantitative estimate of drug-likeness (QED) is 0.656. The monoisotopic (exact) mass is 441 g/mol. The molecule has 7 nitrogen and oxygen atoms in total. The molecule has 1 aliphatic heterocycles. The van der Waals surface area contributed by atoms with Crippen molar-refractivity contribution < 1.29 is 19.1 Å². The van der Waals surface area contributed by atoms with Crippen LogP contribution in [-0.4, -0.2) is 30.9 Å². The maximum absolute atomic E-state index is 13.0. The smallest absolute Gasteiger partial charge is 0.311 e. The van der Waals surface area contributed by atoms with E-state index in [1.54, 1.807) is 31.2 Å². The van der Waals surface area contributed by atoms with Gasteiger partial charge in [0.2, 0.25) is 5.91 Å². The number of ether oxygens (including phenoxy) is 1. The summed E-state index contributed by atoms with van der Waals surface area (Å²) in [6.07, 6.45) is 1.26. The lowest BCUT2D eigenvalue weighted by Crippen LogP contribution is -2.37. The molecule has 0 radical (unpaired) electrons. The van der Waals surface area contributed by atoms with Crippen LogP contribution < -0.4 is 15.5 Å². The third kappa shape index (κ3) is 5.64. The summed E-state index contributed by atoms with van der Waals surface area (Å²) in [5, 5.41) is 6.49. The van der Waals surface area contributed by atoms with Gasteiger partial charge in [0.15, 0.2) is 0 Å². The maximum Gasteiger partial charge on any atom is 0.311 e. The Morgan fingerprint density at radius 3 is 2.48 bits per heavy atom. The van der Waals surface area contributed by atoms with Gasteiger partial charge in [0.05, 0.1) is 24.4 Å². The highest BCUT2D eigenvalue weighted by atomic mass is 35.5. The zero-order valence-corrected chi connectivity index (χ0v) is 18.4. The van der Waals surface area contributed by atoms with Gasteiger partial charge in [0.25, 0.3) is 5.91 Å². The zero-order chi connectivity index (χ0) is 22.5. The highest BCUT2D eigenvalue weighted by molar-refractivity contribution is 6.30. The van der Waals surface area contributed by atoms with Crippen LogP contribution in [0.4, 0.5) is 17.1 Å². The van der Waals surface area contributed by atoms with Crippen LogP contribution in [0.5, 0.6) is 0 Å². The highest BCUT2D eigenvalue weighted by Crippen LogP contribution is 2.33. The van der Waals surface area contributed by atoms with Gasteiger partial charge < -0.3 is 15.4 Å². The topological polar surface area (TPSA) is 87.7 Å². The summed E-state index contributed by atoms with van der Waals surface area (Å²) in [6.45, 7) is 5.68. The molecular weight excluding hydrogens is 418 g/mol. The number of anilines is 3. The molecule has 31 heavy (non-hydrogen) atoms. The standard InChI is InChI=1S/C23H24ClN3O4/c1-4-31-23(30)12-18-11-22(29)27(20-10-15(3)14(2)9-19(20)25-18)13-21(28)26-17-7-5-16(24)6-8-17/h5-11,25H,4,12-13H2,1-3H3,(H,26,28). The van der Waals surface area contributed by atoms with E-state index in [9.17, 15) is 14.4 Å². The number of carbonyl (C=O) groups is 3. The number of amides is 2. The minimum atomic E-state index is -0.437. The predicted octanol–water partition coefficient (Wildman–Crippen LogP) is 4.19. The van der Waals surface area contributed by atoms with Crippen LogP contribution in [0.3, 0.4) is 0 Å². The summed E-state index contributed by atoms with van der Waals surface area (Å²) < 4.78 is 5.00. The van der Waals surface area contributed by atoms with E-state index >= 15 is 0 Å². The average molecular weight is 442 g/mol. The molecule has 0 spiro atoms. The van der Waals surface area contributed by atoms with Gasteiger partial charge in [0, 0.05) is 22.5 Å². The molecule has 0 fully saturated rings. The second kappa shape index (κ2) is 9.66. The molecule has 0 aliphatic carbocycles. The van der Waals surface area contributed by atoms with Gasteiger partial charge in [-0.15, -0.1) is 0 Å². The summed E-state index contributed by atoms with van der Waals surface area (Å²) in [7, 11) is 0. The van der Waals surface area contributed by atoms with Crippen LogP contribution in [0.2, 0.25) is 5.02 Å². The Bertz CT molecular complexity index is 1050. The van der Waals surface area contributed by atoms with Gasteiger partial charge in [-0.1, -0.05) is 11.6 Å². The molecule has 1 aliphatic rings. The number of rotatable bonds is 6. The molecule has 2 aromatic rings. The molecule has 0 bridgehead atoms. The number of benzene rings is 2. The Morgan fingerprint density at radius 2 is 1.81 bits per heavy atom. The van der Waals surface area contributed by atoms with Crippen LogP contribution in [-0.2, 0) is 19.1 Å². The molecule has 0 aromatic heterocycles. The molecule has 8 heteroatoms. The fourth-order valence-corrected chi connectivity index (χ4v) is 3.31. The Kier molecular flexibility index (Phi) is 6.97. The summed E-state index contributed by atoms with van der Waals surface area (Å²) in [5.74, 6) is -1.20. The molecular formula is C23H24ClN3O4. The number of halogens is 1. The molecule has 1 heterocycles. The first-order valence-corrected chi connectivity index (χ1v) is 10.3. The molecule has 0 saturated heterocycles. The van der Waals surface area contributed by atoms with Gasteiger partial charge in [0.1, 0.15) is 6.54 Å². The minimum absolute atomic E-state index is 0.0727. The first-order chi connectivity index (χ1) is 14.8. The van der Waals surface area contributed by atoms with E-state index in [1.165, 1.54) is 11.0 Å². The van der Waals surface area contributed by atoms with E-state index in [4.69, 9.17) is 16.3 Å². The van der Waals surface area contributed by atoms with Crippen LogP contribution in [0.1, 0.15) is 24.5 Å². The summed E-state index contributed by atoms with van der Waals surface area (Å²) >= 11 is 5.88. The van der Waals surface area contributed by atoms with Crippen molar-refractivity contribution in [2.24, 2.45) is 0 Å². The average Bonchev–Trinajstić information content (AvgIpc) is 2.81. The first-order valence-electron chi connectivity index (χ1n) is 9.88. The largest absolute Gasteiger partial charge is 0.466 e. The number of aryl methyl sites for hydroxylation is 2. The van der Waals surface area contributed by atoms with Gasteiger partial charge in [-0.2, -0.15) is 0 Å². The normalized spacial score (nSPS) is 13.0. The van der Waals surface area contributed by atoms with E-state index in [1.807, 2.05) is 26.0 Å². The summed E-state index contributed by atoms with van der Waals surface area (Å²) in [4.78, 5) is 39.0. The second-order valence-corrected chi connectivity index (χ2v) is 7.65. The van der Waals surface area contributed by atoms with E-state index < -0.39 is 11.9 Å². The molecule has 162 valence electrons. The number of hydrogen-bond acceptors (Lipinski definition) is 5. The van der Waals surface area contributed by atoms with Gasteiger partial charge in [-0.3, -0.25) is 19.3 Å². The lowest BCUT2D eigenvalue weighted by molar-refractivity contribution is -0.142. The highest BCUT2D eigenvalue weighted by Gasteiger charge is 2.26. The molecule has 2 aromatic carbocycles. The van der Waals surface area contributed by atoms with Gasteiger partial charge in [-0.05, 0) is 68.3 Å². The van der Waals surface area contributed by atoms with Crippen LogP contribution in [0.25, 0.3) is 0 Å². The molecule has 3 rings (SSSR count). The number of carbonyl (C=O) groups excluding carboxylic acids is 3. The van der Waals surface area contributed by atoms with Crippen molar-refractivity contribution in [3.63, 3.8) is 0 Å². The van der Waals surface area contributed by atoms with Gasteiger partial charge in [-0.25, -0.2) is 0 Å². The lowest BCUT2D eigenvalue weighted by Gasteiger charge is -2.23. The van der Waals surface area contributed by atoms with Crippen LogP contribution in [0, 0.1) is 13.8 Å². The summed E-state index contributed by atoms with van der Waals surface area (Å²) in [6, 6.07) is 10.5. The molecule has 2 amide bonds. The van der Waals surface area contributed by atoms with Crippen molar-refractivity contribution in [1.82, 2.24) is 0 Å². The lowest BCUT2D eigenvalue weighted by atomic mass is 10.1. The minimum Gasteiger partial charge on any atom is -0.466 e. The number of nitrogens with zero attached hydrogens (tertiary/aromatic N) is 1. The maximum atomic E-state index is 13.0. The third-order valence-electron chi connectivity index (χ3n) is 4.83. The van der Waals surface area contributed by atoms with E-state index in [0.717, 1.165) is 11.1 Å². The van der Waals surface area contributed by atoms with Crippen molar-refractivity contribution in [1.29, 1.82) is 0 Å². The van der Waals surface area contributed by atoms with Crippen LogP contribution >= 0.6 is 11.6 Å². The fourth-order valence-electron chi connectivity index (χ4n) is 3.18. The second-order valence-electron chi connectivity index (χ2n) is 7.21. The molecule has 2 N–H and O–H groups in total. The van der Waals surface area contributed by atoms with Crippen molar-refractivity contribution >= 4 is 46.4 Å². The Morgan fingerprint density at radius 1 is 1.13 bits per heavy atom. The number of fused-ring (bicyclic) bond motifs is 1. The zero-order valence-electron chi connectivity index (χ0n) is 17.6. The van der Waals surface area contributed by atoms with Crippen molar-refractivity contribution in [3.05, 3.63) is 64.3 Å². The van der Waals surface area contributed by atoms with E-state index in [2.05, 4.69) is 10.6 Å². The van der Waals surface area contributed by atoms with E-state index in [-0.39, 0.29) is 25.5 Å². The predicted molar refractivity (Wildman–Crippen MR) is 121 cm³/mol. The number of hydrogen-bond donors (Lipinski definition) is 2. The van der Waals surface area contributed by atoms with Crippen molar-refractivity contribution in [3.8, 4) is 0 Å². The molecule has 0 saturated carbocycles. The fraction of sp³-hybridized carbons (Fsp3) is 0.261. The SMILES string of the molecule is CCOC(=O)CC1=CC(=O)N(CC(=O)Nc2ccc(Cl)cc2)c2cc(C)c(C)cc2N1. The molecule has 0 atom stereocenters. The Hall–Kier alpha value is -3.32. The number of nitrogens with one attached hydrogen (secondary N) is 2. The van der Waals surface area contributed by atoms with Gasteiger partial charge >= 0.3 is 5.97 Å². The van der Waals surface area contributed by atoms with Crippen LogP contribution in [0.15, 0.2) is 48.2 Å². The number of esters is 1. The third-order valence-corrected chi connectivity index (χ3v) is 5.08. The summed E-state index contributed by atoms with van der Waals surface area (Å²) in [5.41, 5.74) is 4.19. The van der Waals surface area contributed by atoms with E-state index in [0.29, 0.717) is 27.8 Å². The Balaban J connectivity index is 1.89. The molecule has 0 unspecified atom stereocenters. The Labute approximate surface area is 186 Å². The first kappa shape index (κ1) is 22.4. The van der Waals surface area contributed by atoms with Crippen molar-refractivity contribution in [2.45, 2.75) is 27.2 Å². The van der Waals surface area contributed by atoms with Crippen molar-refractivity contribution in [2.75, 3.05) is 28.7 Å².